The molecule has 0 saturated heterocycles. The number of unbranched alkanes of at least 4 members (excludes halogenated alkanes) is 3. The Hall–Kier alpha value is -1.81. The van der Waals surface area contributed by atoms with E-state index in [1.54, 1.807) is 0 Å². The van der Waals surface area contributed by atoms with Crippen LogP contribution in [0.2, 0.25) is 0 Å². The molecule has 23 heavy (non-hydrogen) atoms. The van der Waals surface area contributed by atoms with Gasteiger partial charge in [-0.1, -0.05) is 51.3 Å². The first kappa shape index (κ1) is 16.1. The minimum atomic E-state index is -0.215. The molecule has 1 atom stereocenters. The van der Waals surface area contributed by atoms with Gasteiger partial charge in [0.25, 0.3) is 0 Å². The third kappa shape index (κ3) is 3.13. The zero-order chi connectivity index (χ0) is 16.2. The molecule has 1 aliphatic heterocycles. The number of nitrogens with zero attached hydrogens (tertiary/aromatic N) is 2. The predicted octanol–water partition coefficient (Wildman–Crippen LogP) is 4.47. The average Bonchev–Trinajstić information content (AvgIpc) is 2.93. The Morgan fingerprint density at radius 1 is 1.13 bits per heavy atom. The minimum Gasteiger partial charge on any atom is -0.364 e. The van der Waals surface area contributed by atoms with Crippen LogP contribution in [0, 0.1) is 0 Å². The molecule has 1 aromatic heterocycles. The van der Waals surface area contributed by atoms with E-state index in [0.717, 1.165) is 24.3 Å². The van der Waals surface area contributed by atoms with Gasteiger partial charge in [0.1, 0.15) is 17.7 Å². The highest BCUT2D eigenvalue weighted by Gasteiger charge is 2.28. The summed E-state index contributed by atoms with van der Waals surface area (Å²) in [5.74, 6) is 1.20. The number of imidazole rings is 1. The van der Waals surface area contributed by atoms with Crippen molar-refractivity contribution in [2.75, 3.05) is 5.32 Å². The molecule has 1 aromatic carbocycles. The molecule has 0 bridgehead atoms. The van der Waals surface area contributed by atoms with Gasteiger partial charge in [0.05, 0.1) is 5.69 Å². The van der Waals surface area contributed by atoms with Crippen molar-refractivity contribution in [1.29, 1.82) is 0 Å². The molecule has 0 saturated carbocycles. The fourth-order valence-electron chi connectivity index (χ4n) is 3.36. The molecule has 1 aliphatic rings. The molecule has 4 heteroatoms. The van der Waals surface area contributed by atoms with E-state index in [9.17, 15) is 0 Å². The van der Waals surface area contributed by atoms with Gasteiger partial charge in [-0.05, 0) is 18.9 Å². The topological polar surface area (TPSA) is 55.9 Å². The number of aryl methyl sites for hydroxylation is 1. The summed E-state index contributed by atoms with van der Waals surface area (Å²) in [4.78, 5) is 4.92. The Kier molecular flexibility index (Phi) is 5.01. The largest absolute Gasteiger partial charge is 0.364 e. The first-order chi connectivity index (χ1) is 11.3. The maximum Gasteiger partial charge on any atom is 0.120 e. The number of hydrogen-bond acceptors (Lipinski definition) is 3. The number of hydrogen-bond donors (Lipinski definition) is 2. The normalized spacial score (nSPS) is 15.9. The van der Waals surface area contributed by atoms with Gasteiger partial charge in [-0.15, -0.1) is 0 Å². The van der Waals surface area contributed by atoms with Crippen LogP contribution in [0.15, 0.2) is 24.3 Å². The van der Waals surface area contributed by atoms with Gasteiger partial charge in [-0.3, -0.25) is 0 Å². The molecule has 124 valence electrons. The first-order valence-electron chi connectivity index (χ1n) is 8.97. The molecular weight excluding hydrogens is 284 g/mol. The zero-order valence-corrected chi connectivity index (χ0v) is 14.3. The van der Waals surface area contributed by atoms with Crippen LogP contribution in [0.3, 0.4) is 0 Å². The Morgan fingerprint density at radius 3 is 2.70 bits per heavy atom. The van der Waals surface area contributed by atoms with Crippen LogP contribution in [0.1, 0.15) is 63.6 Å². The summed E-state index contributed by atoms with van der Waals surface area (Å²) < 4.78 is 2.43. The summed E-state index contributed by atoms with van der Waals surface area (Å²) in [6, 6.07) is 8.43. The number of nitrogens with two attached hydrogens (primary N) is 1. The summed E-state index contributed by atoms with van der Waals surface area (Å²) in [6.07, 6.45) is 6.87. The highest BCUT2D eigenvalue weighted by atomic mass is 15.2. The first-order valence-corrected chi connectivity index (χ1v) is 8.97. The molecule has 3 rings (SSSR count). The second-order valence-electron chi connectivity index (χ2n) is 6.39. The standard InChI is InChI=1S/C19H28N4/c1-3-5-9-13-23-16(12-6-4-2)22-17-18(23)14-10-7-8-11-15(14)21-19(17)20/h7-8,10-11,19,21H,3-6,9,12-13,20H2,1-2H3. The van der Waals surface area contributed by atoms with Crippen LogP contribution in [-0.4, -0.2) is 9.55 Å². The van der Waals surface area contributed by atoms with Gasteiger partial charge < -0.3 is 15.6 Å². The minimum absolute atomic E-state index is 0.215. The SMILES string of the molecule is CCCCCn1c(CCCC)nc2c1-c1ccccc1NC2N. The lowest BCUT2D eigenvalue weighted by molar-refractivity contribution is 0.575. The quantitative estimate of drug-likeness (QED) is 0.742. The molecule has 0 radical (unpaired) electrons. The molecule has 0 amide bonds. The van der Waals surface area contributed by atoms with Crippen LogP contribution < -0.4 is 11.1 Å². The van der Waals surface area contributed by atoms with Gasteiger partial charge in [0.15, 0.2) is 0 Å². The molecule has 2 heterocycles. The number of para-hydroxylation sites is 1. The van der Waals surface area contributed by atoms with Gasteiger partial charge in [-0.2, -0.15) is 0 Å². The van der Waals surface area contributed by atoms with E-state index < -0.39 is 0 Å². The van der Waals surface area contributed by atoms with Gasteiger partial charge >= 0.3 is 0 Å². The Bertz CT molecular complexity index is 659. The zero-order valence-electron chi connectivity index (χ0n) is 14.3. The fraction of sp³-hybridized carbons (Fsp3) is 0.526. The summed E-state index contributed by atoms with van der Waals surface area (Å²) in [5.41, 5.74) is 10.9. The lowest BCUT2D eigenvalue weighted by Crippen LogP contribution is -2.25. The Labute approximate surface area is 139 Å². The molecule has 3 N–H and O–H groups in total. The van der Waals surface area contributed by atoms with Gasteiger partial charge in [0.2, 0.25) is 0 Å². The number of benzene rings is 1. The Balaban J connectivity index is 2.05. The monoisotopic (exact) mass is 312 g/mol. The molecule has 0 spiro atoms. The smallest absolute Gasteiger partial charge is 0.120 e. The van der Waals surface area contributed by atoms with E-state index in [0.29, 0.717) is 0 Å². The van der Waals surface area contributed by atoms with Gasteiger partial charge in [-0.25, -0.2) is 4.98 Å². The van der Waals surface area contributed by atoms with Crippen molar-refractivity contribution < 1.29 is 0 Å². The Morgan fingerprint density at radius 2 is 1.91 bits per heavy atom. The second kappa shape index (κ2) is 7.18. The van der Waals surface area contributed by atoms with E-state index in [-0.39, 0.29) is 6.17 Å². The van der Waals surface area contributed by atoms with Crippen LogP contribution in [-0.2, 0) is 13.0 Å². The number of nitrogens with one attached hydrogen (secondary N) is 1. The van der Waals surface area contributed by atoms with Crippen molar-refractivity contribution in [3.63, 3.8) is 0 Å². The van der Waals surface area contributed by atoms with E-state index >= 15 is 0 Å². The molecule has 0 aliphatic carbocycles. The van der Waals surface area contributed by atoms with E-state index in [4.69, 9.17) is 10.7 Å². The van der Waals surface area contributed by atoms with Crippen LogP contribution in [0.25, 0.3) is 11.3 Å². The third-order valence-corrected chi connectivity index (χ3v) is 4.60. The summed E-state index contributed by atoms with van der Waals surface area (Å²) in [5, 5.41) is 3.38. The summed E-state index contributed by atoms with van der Waals surface area (Å²) >= 11 is 0. The maximum atomic E-state index is 6.34. The number of aromatic nitrogens is 2. The summed E-state index contributed by atoms with van der Waals surface area (Å²) in [6.45, 7) is 5.51. The predicted molar refractivity (Wildman–Crippen MR) is 96.4 cm³/mol. The van der Waals surface area contributed by atoms with Crippen LogP contribution in [0.5, 0.6) is 0 Å². The van der Waals surface area contributed by atoms with E-state index in [2.05, 4.69) is 48.0 Å². The lowest BCUT2D eigenvalue weighted by atomic mass is 10.0. The molecule has 0 fully saturated rings. The van der Waals surface area contributed by atoms with Crippen molar-refractivity contribution in [3.8, 4) is 11.3 Å². The van der Waals surface area contributed by atoms with Crippen molar-refractivity contribution in [3.05, 3.63) is 35.8 Å². The molecular formula is C19H28N4. The highest BCUT2D eigenvalue weighted by Crippen LogP contribution is 2.39. The van der Waals surface area contributed by atoms with Crippen molar-refractivity contribution in [2.24, 2.45) is 5.73 Å². The van der Waals surface area contributed by atoms with E-state index in [1.165, 1.54) is 49.2 Å². The van der Waals surface area contributed by atoms with Crippen molar-refractivity contribution in [1.82, 2.24) is 9.55 Å². The molecule has 4 nitrogen and oxygen atoms in total. The number of rotatable bonds is 7. The van der Waals surface area contributed by atoms with Crippen molar-refractivity contribution >= 4 is 5.69 Å². The van der Waals surface area contributed by atoms with E-state index in [1.807, 2.05) is 0 Å². The summed E-state index contributed by atoms with van der Waals surface area (Å²) in [7, 11) is 0. The number of fused-ring (bicyclic) bond motifs is 3. The van der Waals surface area contributed by atoms with Gasteiger partial charge in [0, 0.05) is 24.2 Å². The molecule has 1 unspecified atom stereocenters. The maximum absolute atomic E-state index is 6.34. The second-order valence-corrected chi connectivity index (χ2v) is 6.39. The van der Waals surface area contributed by atoms with Crippen LogP contribution >= 0.6 is 0 Å². The fourth-order valence-corrected chi connectivity index (χ4v) is 3.36. The molecule has 2 aromatic rings. The average molecular weight is 312 g/mol. The number of anilines is 1. The van der Waals surface area contributed by atoms with Crippen LogP contribution in [0.4, 0.5) is 5.69 Å². The van der Waals surface area contributed by atoms with Crippen molar-refractivity contribution in [2.45, 2.75) is 65.1 Å². The third-order valence-electron chi connectivity index (χ3n) is 4.60. The lowest BCUT2D eigenvalue weighted by Gasteiger charge is -2.25. The highest BCUT2D eigenvalue weighted by molar-refractivity contribution is 5.81.